The number of amides is 2. The highest BCUT2D eigenvalue weighted by molar-refractivity contribution is 5.89. The first kappa shape index (κ1) is 46.1. The number of rotatable bonds is 15. The number of nitrogens with zero attached hydrogens (tertiary/aromatic N) is 6. The van der Waals surface area contributed by atoms with Gasteiger partial charge in [-0.25, -0.2) is 0 Å². The van der Waals surface area contributed by atoms with Crippen LogP contribution in [0, 0.1) is 10.8 Å². The van der Waals surface area contributed by atoms with E-state index in [1.165, 1.54) is 11.1 Å². The Morgan fingerprint density at radius 3 is 1.49 bits per heavy atom. The van der Waals surface area contributed by atoms with Crippen molar-refractivity contribution in [1.29, 1.82) is 0 Å². The predicted octanol–water partition coefficient (Wildman–Crippen LogP) is 8.43. The van der Waals surface area contributed by atoms with Gasteiger partial charge in [0.05, 0.1) is 106 Å². The molecule has 12 rings (SSSR count). The summed E-state index contributed by atoms with van der Waals surface area (Å²) in [6.45, 7) is 11.2. The minimum Gasteiger partial charge on any atom is -0.493 e. The molecule has 4 fully saturated rings. The molecule has 16 heteroatoms. The Labute approximate surface area is 411 Å². The van der Waals surface area contributed by atoms with E-state index in [-0.39, 0.29) is 29.3 Å². The third kappa shape index (κ3) is 9.53. The molecule has 2 amide bonds. The molecule has 4 aromatic heterocycles. The number of methoxy groups -OCH3 is 2. The smallest absolute Gasteiger partial charge is 0.226 e. The molecule has 0 radical (unpaired) electrons. The van der Waals surface area contributed by atoms with Gasteiger partial charge < -0.3 is 47.7 Å². The van der Waals surface area contributed by atoms with Gasteiger partial charge >= 0.3 is 0 Å². The minimum atomic E-state index is 0.101. The highest BCUT2D eigenvalue weighted by atomic mass is 16.5. The number of hydrogen-bond acceptors (Lipinski definition) is 14. The van der Waals surface area contributed by atoms with Gasteiger partial charge in [0.15, 0.2) is 23.0 Å². The summed E-state index contributed by atoms with van der Waals surface area (Å²) in [6, 6.07) is 15.1. The second-order valence-electron chi connectivity index (χ2n) is 19.6. The fourth-order valence-electron chi connectivity index (χ4n) is 10.0. The average molecular weight is 961 g/mol. The highest BCUT2D eigenvalue weighted by Crippen LogP contribution is 2.42. The van der Waals surface area contributed by atoms with E-state index in [1.54, 1.807) is 39.0 Å². The Hall–Kier alpha value is -7.30. The van der Waals surface area contributed by atoms with Gasteiger partial charge in [-0.1, -0.05) is 23.3 Å². The fourth-order valence-corrected chi connectivity index (χ4v) is 10.0. The summed E-state index contributed by atoms with van der Waals surface area (Å²) in [7, 11) is 3.20. The van der Waals surface area contributed by atoms with Crippen LogP contribution >= 0.6 is 0 Å². The molecule has 4 aliphatic heterocycles. The van der Waals surface area contributed by atoms with Gasteiger partial charge in [-0.05, 0) is 67.8 Å². The van der Waals surface area contributed by atoms with Crippen LogP contribution in [0.1, 0.15) is 55.6 Å². The lowest BCUT2D eigenvalue weighted by molar-refractivity contribution is -0.195. The number of carbonyl (C=O) groups is 2. The first-order chi connectivity index (χ1) is 34.5. The average Bonchev–Trinajstić information content (AvgIpc) is 3.88. The zero-order chi connectivity index (χ0) is 48.7. The Balaban J connectivity index is 0.000000154. The molecule has 16 nitrogen and oxygen atoms in total. The highest BCUT2D eigenvalue weighted by Gasteiger charge is 2.51. The Morgan fingerprint density at radius 2 is 1.04 bits per heavy atom. The van der Waals surface area contributed by atoms with Crippen LogP contribution in [0.3, 0.4) is 0 Å². The predicted molar refractivity (Wildman–Crippen MR) is 264 cm³/mol. The first-order valence-electron chi connectivity index (χ1n) is 24.1. The largest absolute Gasteiger partial charge is 0.493 e. The third-order valence-electron chi connectivity index (χ3n) is 13.9. The van der Waals surface area contributed by atoms with E-state index in [4.69, 9.17) is 37.9 Å². The number of benzene rings is 2. The van der Waals surface area contributed by atoms with Crippen molar-refractivity contribution in [2.45, 2.75) is 46.0 Å². The van der Waals surface area contributed by atoms with Crippen molar-refractivity contribution < 1.29 is 47.5 Å². The van der Waals surface area contributed by atoms with Crippen molar-refractivity contribution in [2.24, 2.45) is 10.8 Å². The molecule has 0 saturated carbocycles. The Bertz CT molecular complexity index is 3110. The van der Waals surface area contributed by atoms with Gasteiger partial charge in [0.2, 0.25) is 11.8 Å². The summed E-state index contributed by atoms with van der Waals surface area (Å²) in [5, 5.41) is 1.62. The van der Waals surface area contributed by atoms with Gasteiger partial charge in [0, 0.05) is 80.7 Å². The second-order valence-corrected chi connectivity index (χ2v) is 19.6. The van der Waals surface area contributed by atoms with Gasteiger partial charge in [-0.3, -0.25) is 29.5 Å². The van der Waals surface area contributed by atoms with E-state index < -0.39 is 0 Å². The number of carbonyl (C=O) groups excluding carboxylic acids is 2. The number of likely N-dealkylation sites (tertiary alicyclic amines) is 2. The summed E-state index contributed by atoms with van der Waals surface area (Å²) < 4.78 is 46.1. The lowest BCUT2D eigenvalue weighted by atomic mass is 9.78. The summed E-state index contributed by atoms with van der Waals surface area (Å²) in [5.74, 6) is 5.23. The summed E-state index contributed by atoms with van der Waals surface area (Å²) in [5.41, 5.74) is 8.83. The van der Waals surface area contributed by atoms with E-state index in [2.05, 4.69) is 45.9 Å². The molecule has 366 valence electrons. The number of fused-ring (bicyclic) bond motifs is 4. The monoisotopic (exact) mass is 960 g/mol. The van der Waals surface area contributed by atoms with Gasteiger partial charge in [0.25, 0.3) is 0 Å². The first-order valence-corrected chi connectivity index (χ1v) is 24.1. The lowest BCUT2D eigenvalue weighted by Crippen LogP contribution is -2.67. The molecular formula is C55H56N6O10. The maximum Gasteiger partial charge on any atom is 0.226 e. The zero-order valence-corrected chi connectivity index (χ0v) is 40.5. The van der Waals surface area contributed by atoms with E-state index in [1.807, 2.05) is 58.3 Å². The number of allylic oxidation sites excluding steroid dienone is 2. The molecule has 71 heavy (non-hydrogen) atoms. The minimum absolute atomic E-state index is 0.101. The molecule has 6 aliphatic rings. The van der Waals surface area contributed by atoms with Crippen LogP contribution in [0.15, 0.2) is 84.5 Å². The van der Waals surface area contributed by atoms with Crippen molar-refractivity contribution in [2.75, 3.05) is 80.0 Å². The number of aromatic nitrogens is 4. The van der Waals surface area contributed by atoms with Crippen molar-refractivity contribution in [3.63, 3.8) is 0 Å². The Kier molecular flexibility index (Phi) is 12.4. The lowest BCUT2D eigenvalue weighted by Gasteiger charge is -2.55. The molecule has 4 saturated heterocycles. The van der Waals surface area contributed by atoms with E-state index in [0.29, 0.717) is 77.4 Å². The van der Waals surface area contributed by atoms with Crippen LogP contribution in [-0.2, 0) is 31.9 Å². The van der Waals surface area contributed by atoms with Crippen LogP contribution < -0.4 is 28.4 Å². The van der Waals surface area contributed by atoms with Crippen LogP contribution in [0.25, 0.3) is 34.0 Å². The summed E-state index contributed by atoms with van der Waals surface area (Å²) in [4.78, 5) is 46.7. The maximum absolute atomic E-state index is 12.5. The Morgan fingerprint density at radius 1 is 0.577 bits per heavy atom. The van der Waals surface area contributed by atoms with Gasteiger partial charge in [-0.2, -0.15) is 0 Å². The summed E-state index contributed by atoms with van der Waals surface area (Å²) in [6.07, 6.45) is 14.4. The van der Waals surface area contributed by atoms with E-state index in [9.17, 15) is 9.59 Å². The standard InChI is InChI=1S/C28H29N3O5.C27H27N3O5/c1-18-8-19-10-20(13-30-22(19)9-18)36-24-5-6-29-23-12-26(25(33-2)11-21(23)24)35-7-3-4-27(32)31-14-28(15-31)16-34-17-28;1-17-7-18-9-19(12-29-21(18)8-17)35-23-3-5-28-22-11-25(24(32-2)10-20(22)23)34-6-4-26(31)30-13-27(14-30)15-33-16-27/h5-6,8,10-13H,3-4,7,9,14-17H2,1-2H3;3,5,7,9-12H,4,6,8,13-16H2,1-2H3. The second kappa shape index (κ2) is 19.1. The van der Waals surface area contributed by atoms with Crippen LogP contribution in [0.5, 0.6) is 46.0 Å². The number of hydrogen-bond donors (Lipinski definition) is 0. The normalized spacial score (nSPS) is 17.4. The molecule has 2 aliphatic carbocycles. The van der Waals surface area contributed by atoms with Crippen molar-refractivity contribution in [1.82, 2.24) is 29.7 Å². The molecule has 0 N–H and O–H groups in total. The molecule has 0 unspecified atom stereocenters. The molecular weight excluding hydrogens is 905 g/mol. The molecule has 2 spiro atoms. The van der Waals surface area contributed by atoms with E-state index >= 15 is 0 Å². The SMILES string of the molecule is COc1cc2c(Oc3cnc4c(c3)C=C(C)C4)ccnc2cc1OCCC(=O)N1CC2(COC2)C1.COc1cc2c(Oc3cnc4c(c3)C=C(C)C4)ccnc2cc1OCCCC(=O)N1CC2(COC2)C1. The number of ether oxygens (including phenoxy) is 8. The third-order valence-corrected chi connectivity index (χ3v) is 13.9. The topological polar surface area (TPSA) is 166 Å². The van der Waals surface area contributed by atoms with Crippen molar-refractivity contribution in [3.05, 3.63) is 107 Å². The van der Waals surface area contributed by atoms with Crippen LogP contribution in [-0.4, -0.2) is 122 Å². The maximum atomic E-state index is 12.5. The molecule has 0 bridgehead atoms. The molecule has 0 atom stereocenters. The molecule has 8 heterocycles. The summed E-state index contributed by atoms with van der Waals surface area (Å²) >= 11 is 0. The van der Waals surface area contributed by atoms with Crippen LogP contribution in [0.4, 0.5) is 0 Å². The van der Waals surface area contributed by atoms with Crippen molar-refractivity contribution >= 4 is 45.8 Å². The zero-order valence-electron chi connectivity index (χ0n) is 40.5. The van der Waals surface area contributed by atoms with Gasteiger partial charge in [0.1, 0.15) is 23.0 Å². The molecule has 2 aromatic carbocycles. The molecule has 6 aromatic rings. The van der Waals surface area contributed by atoms with Crippen molar-refractivity contribution in [3.8, 4) is 46.0 Å². The van der Waals surface area contributed by atoms with E-state index in [0.717, 1.165) is 104 Å². The fraction of sp³-hybridized carbons (Fsp3) is 0.382. The number of pyridine rings is 4. The van der Waals surface area contributed by atoms with Crippen LogP contribution in [0.2, 0.25) is 0 Å². The quantitative estimate of drug-likeness (QED) is 0.0900. The van der Waals surface area contributed by atoms with Gasteiger partial charge in [-0.15, -0.1) is 0 Å².